The van der Waals surface area contributed by atoms with Crippen molar-refractivity contribution in [1.82, 2.24) is 9.47 Å². The highest BCUT2D eigenvalue weighted by molar-refractivity contribution is 5.37. The summed E-state index contributed by atoms with van der Waals surface area (Å²) in [6.07, 6.45) is 5.43. The first-order valence-corrected chi connectivity index (χ1v) is 9.41. The Morgan fingerprint density at radius 1 is 1.04 bits per heavy atom. The molecule has 26 heavy (non-hydrogen) atoms. The summed E-state index contributed by atoms with van der Waals surface area (Å²) in [7, 11) is 0. The second-order valence-electron chi connectivity index (χ2n) is 7.05. The van der Waals surface area contributed by atoms with Crippen LogP contribution in [0.2, 0.25) is 0 Å². The van der Waals surface area contributed by atoms with Gasteiger partial charge in [0.1, 0.15) is 6.23 Å². The highest BCUT2D eigenvalue weighted by Crippen LogP contribution is 2.29. The first-order chi connectivity index (χ1) is 12.7. The minimum Gasteiger partial charge on any atom is -0.357 e. The first-order valence-electron chi connectivity index (χ1n) is 9.41. The average Bonchev–Trinajstić information content (AvgIpc) is 3.31. The van der Waals surface area contributed by atoms with E-state index >= 15 is 0 Å². The van der Waals surface area contributed by atoms with Crippen LogP contribution in [0.4, 0.5) is 0 Å². The molecule has 1 aromatic heterocycles. The molecule has 2 heterocycles. The highest BCUT2D eigenvalue weighted by atomic mass is 16.5. The summed E-state index contributed by atoms with van der Waals surface area (Å²) in [5, 5.41) is 0. The zero-order valence-corrected chi connectivity index (χ0v) is 15.6. The topological polar surface area (TPSA) is 17.4 Å². The van der Waals surface area contributed by atoms with Crippen LogP contribution in [0.15, 0.2) is 67.0 Å². The second kappa shape index (κ2) is 7.48. The summed E-state index contributed by atoms with van der Waals surface area (Å²) >= 11 is 0. The smallest absolute Gasteiger partial charge is 0.138 e. The van der Waals surface area contributed by atoms with Gasteiger partial charge in [-0.25, -0.2) is 0 Å². The molecule has 0 aliphatic carbocycles. The number of nitrogens with zero attached hydrogens (tertiary/aromatic N) is 2. The molecule has 4 rings (SSSR count). The van der Waals surface area contributed by atoms with Crippen molar-refractivity contribution in [1.29, 1.82) is 0 Å². The largest absolute Gasteiger partial charge is 0.357 e. The van der Waals surface area contributed by atoms with Crippen molar-refractivity contribution >= 4 is 0 Å². The molecule has 0 bridgehead atoms. The van der Waals surface area contributed by atoms with Gasteiger partial charge in [0.05, 0.1) is 6.61 Å². The highest BCUT2D eigenvalue weighted by Gasteiger charge is 2.27. The molecular formula is C23H26N2O. The van der Waals surface area contributed by atoms with Gasteiger partial charge in [0.2, 0.25) is 0 Å². The molecule has 0 amide bonds. The van der Waals surface area contributed by atoms with E-state index in [1.807, 2.05) is 0 Å². The zero-order chi connectivity index (χ0) is 17.9. The van der Waals surface area contributed by atoms with Crippen molar-refractivity contribution in [2.75, 3.05) is 13.2 Å². The van der Waals surface area contributed by atoms with Gasteiger partial charge in [0, 0.05) is 36.7 Å². The van der Waals surface area contributed by atoms with E-state index in [1.54, 1.807) is 0 Å². The molecule has 1 atom stereocenters. The Labute approximate surface area is 155 Å². The van der Waals surface area contributed by atoms with E-state index in [-0.39, 0.29) is 6.23 Å². The van der Waals surface area contributed by atoms with Crippen LogP contribution in [0.1, 0.15) is 35.4 Å². The molecule has 3 nitrogen and oxygen atoms in total. The molecule has 0 spiro atoms. The van der Waals surface area contributed by atoms with Crippen LogP contribution in [0, 0.1) is 6.92 Å². The van der Waals surface area contributed by atoms with Gasteiger partial charge in [0.15, 0.2) is 0 Å². The summed E-state index contributed by atoms with van der Waals surface area (Å²) in [5.74, 6) is 0. The van der Waals surface area contributed by atoms with E-state index in [0.717, 1.165) is 26.1 Å². The number of hydrogen-bond donors (Lipinski definition) is 0. The van der Waals surface area contributed by atoms with Crippen LogP contribution < -0.4 is 0 Å². The lowest BCUT2D eigenvalue weighted by atomic mass is 10.1. The van der Waals surface area contributed by atoms with Crippen molar-refractivity contribution in [3.63, 3.8) is 0 Å². The summed E-state index contributed by atoms with van der Waals surface area (Å²) in [6.45, 7) is 7.00. The van der Waals surface area contributed by atoms with Crippen molar-refractivity contribution in [3.8, 4) is 5.69 Å². The maximum Gasteiger partial charge on any atom is 0.138 e. The third kappa shape index (κ3) is 3.59. The van der Waals surface area contributed by atoms with Gasteiger partial charge in [-0.1, -0.05) is 48.9 Å². The van der Waals surface area contributed by atoms with E-state index in [4.69, 9.17) is 4.74 Å². The maximum absolute atomic E-state index is 6.05. The molecule has 1 saturated heterocycles. The Hall–Kier alpha value is -2.36. The number of aromatic nitrogens is 1. The van der Waals surface area contributed by atoms with Gasteiger partial charge in [0.25, 0.3) is 0 Å². The Bertz CT molecular complexity index is 866. The van der Waals surface area contributed by atoms with Gasteiger partial charge < -0.3 is 9.30 Å². The molecule has 0 radical (unpaired) electrons. The maximum atomic E-state index is 6.05. The Morgan fingerprint density at radius 3 is 2.65 bits per heavy atom. The molecule has 2 aromatic carbocycles. The summed E-state index contributed by atoms with van der Waals surface area (Å²) < 4.78 is 8.23. The molecule has 1 aliphatic heterocycles. The second-order valence-corrected chi connectivity index (χ2v) is 7.05. The third-order valence-corrected chi connectivity index (χ3v) is 5.10. The van der Waals surface area contributed by atoms with E-state index in [1.165, 1.54) is 27.9 Å². The van der Waals surface area contributed by atoms with Crippen LogP contribution in [-0.2, 0) is 17.7 Å². The van der Waals surface area contributed by atoms with Crippen LogP contribution >= 0.6 is 0 Å². The number of rotatable bonds is 5. The molecule has 0 saturated carbocycles. The van der Waals surface area contributed by atoms with Gasteiger partial charge >= 0.3 is 0 Å². The van der Waals surface area contributed by atoms with Crippen molar-refractivity contribution in [2.24, 2.45) is 0 Å². The third-order valence-electron chi connectivity index (χ3n) is 5.10. The fourth-order valence-corrected chi connectivity index (χ4v) is 3.64. The van der Waals surface area contributed by atoms with Gasteiger partial charge in [-0.15, -0.1) is 0 Å². The van der Waals surface area contributed by atoms with Crippen molar-refractivity contribution in [2.45, 2.75) is 33.0 Å². The monoisotopic (exact) mass is 346 g/mol. The fourth-order valence-electron chi connectivity index (χ4n) is 3.64. The molecule has 0 unspecified atom stereocenters. The molecule has 1 aliphatic rings. The van der Waals surface area contributed by atoms with E-state index < -0.39 is 0 Å². The van der Waals surface area contributed by atoms with Crippen LogP contribution in [-0.4, -0.2) is 22.6 Å². The van der Waals surface area contributed by atoms with Crippen molar-refractivity contribution < 1.29 is 4.74 Å². The van der Waals surface area contributed by atoms with Crippen LogP contribution in [0.3, 0.4) is 0 Å². The molecule has 3 aromatic rings. The van der Waals surface area contributed by atoms with E-state index in [0.29, 0.717) is 0 Å². The number of ether oxygens (including phenoxy) is 1. The van der Waals surface area contributed by atoms with E-state index in [2.05, 4.69) is 90.3 Å². The predicted octanol–water partition coefficient (Wildman–Crippen LogP) is 4.88. The minimum absolute atomic E-state index is 0.0340. The zero-order valence-electron chi connectivity index (χ0n) is 15.6. The minimum atomic E-state index is 0.0340. The lowest BCUT2D eigenvalue weighted by Crippen LogP contribution is -2.23. The number of hydrogen-bond acceptors (Lipinski definition) is 2. The first kappa shape index (κ1) is 17.1. The van der Waals surface area contributed by atoms with Crippen LogP contribution in [0.25, 0.3) is 5.69 Å². The lowest BCUT2D eigenvalue weighted by Gasteiger charge is -2.22. The molecule has 1 fully saturated rings. The normalized spacial score (nSPS) is 17.7. The number of aryl methyl sites for hydroxylation is 2. The van der Waals surface area contributed by atoms with Gasteiger partial charge in [-0.05, 0) is 42.7 Å². The number of benzene rings is 2. The SMILES string of the molecule is CCc1ccc(-n2ccc([C@H]3OCCN3Cc3cccc(C)c3)c2)cc1. The quantitative estimate of drug-likeness (QED) is 0.655. The molecule has 0 N–H and O–H groups in total. The van der Waals surface area contributed by atoms with Gasteiger partial charge in [-0.2, -0.15) is 0 Å². The summed E-state index contributed by atoms with van der Waals surface area (Å²) in [5.41, 5.74) is 6.42. The van der Waals surface area contributed by atoms with E-state index in [9.17, 15) is 0 Å². The van der Waals surface area contributed by atoms with Gasteiger partial charge in [-0.3, -0.25) is 4.90 Å². The van der Waals surface area contributed by atoms with Crippen molar-refractivity contribution in [3.05, 3.63) is 89.2 Å². The molecule has 3 heteroatoms. The Balaban J connectivity index is 1.52. The summed E-state index contributed by atoms with van der Waals surface area (Å²) in [6, 6.07) is 19.7. The van der Waals surface area contributed by atoms with Crippen LogP contribution in [0.5, 0.6) is 0 Å². The predicted molar refractivity (Wildman–Crippen MR) is 105 cm³/mol. The molecular weight excluding hydrogens is 320 g/mol. The molecule has 134 valence electrons. The standard InChI is InChI=1S/C23H26N2O/c1-3-19-7-9-22(10-8-19)24-12-11-21(17-24)23-25(13-14-26-23)16-20-6-4-5-18(2)15-20/h4-12,15,17,23H,3,13-14,16H2,1-2H3/t23-/m1/s1. The lowest BCUT2D eigenvalue weighted by molar-refractivity contribution is 0.0288. The Morgan fingerprint density at radius 2 is 1.88 bits per heavy atom. The summed E-state index contributed by atoms with van der Waals surface area (Å²) in [4.78, 5) is 2.41. The Kier molecular flexibility index (Phi) is 4.91. The fraction of sp³-hybridized carbons (Fsp3) is 0.304. The average molecular weight is 346 g/mol.